The van der Waals surface area contributed by atoms with Crippen molar-refractivity contribution in [3.05, 3.63) is 30.3 Å². The molecule has 1 aliphatic carbocycles. The van der Waals surface area contributed by atoms with Gasteiger partial charge in [0.05, 0.1) is 6.26 Å². The SMILES string of the molecule is CCNc1cc(-c2ccco2)nc(C2CC2)n1. The summed E-state index contributed by atoms with van der Waals surface area (Å²) in [5.74, 6) is 3.17. The topological polar surface area (TPSA) is 51.0 Å². The molecule has 4 nitrogen and oxygen atoms in total. The third-order valence-electron chi connectivity index (χ3n) is 2.82. The van der Waals surface area contributed by atoms with E-state index in [-0.39, 0.29) is 0 Å². The van der Waals surface area contributed by atoms with Crippen LogP contribution in [0.1, 0.15) is 31.5 Å². The Morgan fingerprint density at radius 2 is 2.29 bits per heavy atom. The summed E-state index contributed by atoms with van der Waals surface area (Å²) in [5, 5.41) is 3.24. The molecule has 0 saturated heterocycles. The van der Waals surface area contributed by atoms with Gasteiger partial charge in [-0.05, 0) is 31.9 Å². The van der Waals surface area contributed by atoms with E-state index in [0.29, 0.717) is 5.92 Å². The molecule has 0 aliphatic heterocycles. The van der Waals surface area contributed by atoms with Gasteiger partial charge in [0.15, 0.2) is 5.76 Å². The Balaban J connectivity index is 2.01. The van der Waals surface area contributed by atoms with Crippen LogP contribution in [0, 0.1) is 0 Å². The molecule has 0 radical (unpaired) electrons. The van der Waals surface area contributed by atoms with Crippen molar-refractivity contribution in [3.8, 4) is 11.5 Å². The summed E-state index contributed by atoms with van der Waals surface area (Å²) in [6.07, 6.45) is 4.07. The van der Waals surface area contributed by atoms with Crippen LogP contribution in [0.25, 0.3) is 11.5 Å². The zero-order chi connectivity index (χ0) is 11.7. The molecule has 17 heavy (non-hydrogen) atoms. The quantitative estimate of drug-likeness (QED) is 0.875. The summed E-state index contributed by atoms with van der Waals surface area (Å²) in [4.78, 5) is 9.11. The highest BCUT2D eigenvalue weighted by atomic mass is 16.3. The van der Waals surface area contributed by atoms with E-state index in [9.17, 15) is 0 Å². The minimum absolute atomic E-state index is 0.544. The van der Waals surface area contributed by atoms with Gasteiger partial charge in [-0.15, -0.1) is 0 Å². The molecule has 2 aromatic heterocycles. The summed E-state index contributed by atoms with van der Waals surface area (Å²) < 4.78 is 5.39. The summed E-state index contributed by atoms with van der Waals surface area (Å²) in [5.41, 5.74) is 0.864. The van der Waals surface area contributed by atoms with E-state index in [4.69, 9.17) is 4.42 Å². The van der Waals surface area contributed by atoms with Gasteiger partial charge >= 0.3 is 0 Å². The highest BCUT2D eigenvalue weighted by Crippen LogP contribution is 2.39. The Morgan fingerprint density at radius 1 is 1.41 bits per heavy atom. The number of nitrogens with one attached hydrogen (secondary N) is 1. The van der Waals surface area contributed by atoms with Gasteiger partial charge in [0.25, 0.3) is 0 Å². The zero-order valence-electron chi connectivity index (χ0n) is 9.81. The predicted molar refractivity (Wildman–Crippen MR) is 65.9 cm³/mol. The van der Waals surface area contributed by atoms with Gasteiger partial charge in [-0.1, -0.05) is 0 Å². The second kappa shape index (κ2) is 4.20. The molecule has 1 saturated carbocycles. The molecule has 0 bridgehead atoms. The number of furan rings is 1. The number of nitrogens with zero attached hydrogens (tertiary/aromatic N) is 2. The first kappa shape index (κ1) is 10.3. The molecule has 0 amide bonds. The Kier molecular flexibility index (Phi) is 2.55. The molecule has 1 aliphatic rings. The van der Waals surface area contributed by atoms with Crippen LogP contribution in [0.15, 0.2) is 28.9 Å². The summed E-state index contributed by atoms with van der Waals surface area (Å²) in [6.45, 7) is 2.92. The van der Waals surface area contributed by atoms with Gasteiger partial charge in [0.2, 0.25) is 0 Å². The average molecular weight is 229 g/mol. The van der Waals surface area contributed by atoms with Crippen LogP contribution >= 0.6 is 0 Å². The third kappa shape index (κ3) is 2.16. The number of hydrogen-bond donors (Lipinski definition) is 1. The molecule has 1 N–H and O–H groups in total. The molecule has 0 atom stereocenters. The van der Waals surface area contributed by atoms with Gasteiger partial charge in [-0.3, -0.25) is 0 Å². The molecule has 0 unspecified atom stereocenters. The maximum Gasteiger partial charge on any atom is 0.152 e. The molecular formula is C13H15N3O. The molecule has 0 spiro atoms. The fourth-order valence-corrected chi connectivity index (χ4v) is 1.81. The first-order valence-electron chi connectivity index (χ1n) is 6.03. The van der Waals surface area contributed by atoms with Crippen molar-refractivity contribution in [2.45, 2.75) is 25.7 Å². The average Bonchev–Trinajstić information content (AvgIpc) is 3.05. The van der Waals surface area contributed by atoms with Crippen LogP contribution in [0.3, 0.4) is 0 Å². The minimum Gasteiger partial charge on any atom is -0.463 e. The third-order valence-corrected chi connectivity index (χ3v) is 2.82. The molecule has 2 aromatic rings. The highest BCUT2D eigenvalue weighted by Gasteiger charge is 2.27. The second-order valence-electron chi connectivity index (χ2n) is 4.28. The first-order valence-corrected chi connectivity index (χ1v) is 6.03. The molecule has 2 heterocycles. The Hall–Kier alpha value is -1.84. The Bertz CT molecular complexity index is 503. The zero-order valence-corrected chi connectivity index (χ0v) is 9.81. The lowest BCUT2D eigenvalue weighted by molar-refractivity contribution is 0.579. The van der Waals surface area contributed by atoms with Crippen LogP contribution in [-0.2, 0) is 0 Å². The maximum atomic E-state index is 5.39. The Morgan fingerprint density at radius 3 is 2.94 bits per heavy atom. The first-order chi connectivity index (χ1) is 8.36. The van der Waals surface area contributed by atoms with E-state index >= 15 is 0 Å². The van der Waals surface area contributed by atoms with Crippen molar-refractivity contribution in [2.24, 2.45) is 0 Å². The standard InChI is InChI=1S/C13H15N3O/c1-2-14-12-8-10(11-4-3-7-17-11)15-13(16-12)9-5-6-9/h3-4,7-9H,2,5-6H2,1H3,(H,14,15,16). The van der Waals surface area contributed by atoms with E-state index in [1.807, 2.05) is 18.2 Å². The molecular weight excluding hydrogens is 214 g/mol. The lowest BCUT2D eigenvalue weighted by atomic mass is 10.3. The van der Waals surface area contributed by atoms with Crippen molar-refractivity contribution in [1.29, 1.82) is 0 Å². The van der Waals surface area contributed by atoms with Crippen LogP contribution in [0.5, 0.6) is 0 Å². The summed E-state index contributed by atoms with van der Waals surface area (Å²) in [6, 6.07) is 5.74. The normalized spacial score (nSPS) is 14.9. The van der Waals surface area contributed by atoms with Gasteiger partial charge in [0.1, 0.15) is 17.3 Å². The van der Waals surface area contributed by atoms with Crippen LogP contribution in [0.2, 0.25) is 0 Å². The minimum atomic E-state index is 0.544. The number of hydrogen-bond acceptors (Lipinski definition) is 4. The molecule has 0 aromatic carbocycles. The smallest absolute Gasteiger partial charge is 0.152 e. The number of anilines is 1. The van der Waals surface area contributed by atoms with Gasteiger partial charge in [0, 0.05) is 18.5 Å². The molecule has 1 fully saturated rings. The van der Waals surface area contributed by atoms with Crippen LogP contribution < -0.4 is 5.32 Å². The van der Waals surface area contributed by atoms with E-state index in [1.165, 1.54) is 12.8 Å². The second-order valence-corrected chi connectivity index (χ2v) is 4.28. The van der Waals surface area contributed by atoms with Gasteiger partial charge < -0.3 is 9.73 Å². The monoisotopic (exact) mass is 229 g/mol. The predicted octanol–water partition coefficient (Wildman–Crippen LogP) is 3.05. The van der Waals surface area contributed by atoms with Crippen LogP contribution in [-0.4, -0.2) is 16.5 Å². The van der Waals surface area contributed by atoms with Crippen molar-refractivity contribution in [1.82, 2.24) is 9.97 Å². The van der Waals surface area contributed by atoms with Crippen molar-refractivity contribution in [2.75, 3.05) is 11.9 Å². The summed E-state index contributed by atoms with van der Waals surface area (Å²) in [7, 11) is 0. The van der Waals surface area contributed by atoms with E-state index in [1.54, 1.807) is 6.26 Å². The maximum absolute atomic E-state index is 5.39. The Labute approximate surface area is 100 Å². The fourth-order valence-electron chi connectivity index (χ4n) is 1.81. The largest absolute Gasteiger partial charge is 0.463 e. The summed E-state index contributed by atoms with van der Waals surface area (Å²) >= 11 is 0. The lowest BCUT2D eigenvalue weighted by Crippen LogP contribution is -2.03. The number of aromatic nitrogens is 2. The fraction of sp³-hybridized carbons (Fsp3) is 0.385. The van der Waals surface area contributed by atoms with Crippen LogP contribution in [0.4, 0.5) is 5.82 Å². The van der Waals surface area contributed by atoms with E-state index in [2.05, 4.69) is 22.2 Å². The molecule has 4 heteroatoms. The lowest BCUT2D eigenvalue weighted by Gasteiger charge is -2.06. The molecule has 88 valence electrons. The van der Waals surface area contributed by atoms with Crippen molar-refractivity contribution >= 4 is 5.82 Å². The van der Waals surface area contributed by atoms with E-state index < -0.39 is 0 Å². The van der Waals surface area contributed by atoms with Gasteiger partial charge in [-0.2, -0.15) is 0 Å². The number of rotatable bonds is 4. The van der Waals surface area contributed by atoms with Gasteiger partial charge in [-0.25, -0.2) is 9.97 Å². The van der Waals surface area contributed by atoms with E-state index in [0.717, 1.165) is 29.6 Å². The molecule has 3 rings (SSSR count). The van der Waals surface area contributed by atoms with Crippen molar-refractivity contribution in [3.63, 3.8) is 0 Å². The van der Waals surface area contributed by atoms with Crippen molar-refractivity contribution < 1.29 is 4.42 Å². The highest BCUT2D eigenvalue weighted by molar-refractivity contribution is 5.57.